The van der Waals surface area contributed by atoms with E-state index in [0.717, 1.165) is 22.0 Å². The smallest absolute Gasteiger partial charge is 0.140 e. The lowest BCUT2D eigenvalue weighted by Crippen LogP contribution is -1.85. The van der Waals surface area contributed by atoms with E-state index in [1.54, 1.807) is 6.07 Å². The van der Waals surface area contributed by atoms with Gasteiger partial charge in [-0.3, -0.25) is 0 Å². The Morgan fingerprint density at radius 3 is 2.68 bits per heavy atom. The van der Waals surface area contributed by atoms with E-state index in [4.69, 9.17) is 16.9 Å². The summed E-state index contributed by atoms with van der Waals surface area (Å²) in [5.41, 5.74) is 3.40. The summed E-state index contributed by atoms with van der Waals surface area (Å²) in [4.78, 5) is 8.14. The van der Waals surface area contributed by atoms with Gasteiger partial charge in [0.2, 0.25) is 0 Å². The van der Waals surface area contributed by atoms with Crippen molar-refractivity contribution in [2.75, 3.05) is 0 Å². The van der Waals surface area contributed by atoms with Gasteiger partial charge in [-0.15, -0.1) is 0 Å². The highest BCUT2D eigenvalue weighted by Gasteiger charge is 2.04. The molecular weight excluding hydrogens is 258 g/mol. The fourth-order valence-corrected chi connectivity index (χ4v) is 2.17. The highest BCUT2D eigenvalue weighted by atomic mass is 35.5. The minimum absolute atomic E-state index is 0.434. The standard InChI is InChI=1S/C15H8ClN3/c16-15-13-7-12(4-5-14(13)18-9-19-15)11-3-1-2-10(6-11)8-17/h1-7,9H. The second-order valence-corrected chi connectivity index (χ2v) is 4.45. The van der Waals surface area contributed by atoms with Crippen LogP contribution >= 0.6 is 11.6 Å². The summed E-state index contributed by atoms with van der Waals surface area (Å²) in [6.07, 6.45) is 1.45. The summed E-state index contributed by atoms with van der Waals surface area (Å²) in [6, 6.07) is 15.4. The van der Waals surface area contributed by atoms with Crippen LogP contribution in [0.2, 0.25) is 5.15 Å². The lowest BCUT2D eigenvalue weighted by Gasteiger charge is -2.04. The van der Waals surface area contributed by atoms with E-state index in [0.29, 0.717) is 10.7 Å². The number of aromatic nitrogens is 2. The van der Waals surface area contributed by atoms with Crippen LogP contribution in [0.4, 0.5) is 0 Å². The Morgan fingerprint density at radius 1 is 1.00 bits per heavy atom. The molecule has 0 aliphatic rings. The van der Waals surface area contributed by atoms with Gasteiger partial charge in [-0.1, -0.05) is 29.8 Å². The van der Waals surface area contributed by atoms with E-state index in [1.165, 1.54) is 6.33 Å². The van der Waals surface area contributed by atoms with Gasteiger partial charge in [-0.25, -0.2) is 9.97 Å². The molecule has 90 valence electrons. The van der Waals surface area contributed by atoms with E-state index in [-0.39, 0.29) is 0 Å². The van der Waals surface area contributed by atoms with Crippen LogP contribution in [0.5, 0.6) is 0 Å². The number of fused-ring (bicyclic) bond motifs is 1. The first kappa shape index (κ1) is 11.6. The molecule has 4 heteroatoms. The largest absolute Gasteiger partial charge is 0.236 e. The first-order chi connectivity index (χ1) is 9.28. The van der Waals surface area contributed by atoms with Crippen molar-refractivity contribution in [2.24, 2.45) is 0 Å². The Hall–Kier alpha value is -2.44. The SMILES string of the molecule is N#Cc1cccc(-c2ccc3ncnc(Cl)c3c2)c1. The minimum atomic E-state index is 0.434. The van der Waals surface area contributed by atoms with E-state index in [9.17, 15) is 0 Å². The van der Waals surface area contributed by atoms with Gasteiger partial charge < -0.3 is 0 Å². The lowest BCUT2D eigenvalue weighted by molar-refractivity contribution is 1.22. The normalized spacial score (nSPS) is 10.3. The molecule has 0 saturated carbocycles. The molecule has 2 aromatic carbocycles. The molecule has 0 aliphatic heterocycles. The molecule has 1 aromatic heterocycles. The summed E-state index contributed by atoms with van der Waals surface area (Å²) in [5, 5.41) is 10.2. The lowest BCUT2D eigenvalue weighted by atomic mass is 10.0. The van der Waals surface area contributed by atoms with E-state index in [2.05, 4.69) is 16.0 Å². The predicted octanol–water partition coefficient (Wildman–Crippen LogP) is 3.82. The predicted molar refractivity (Wildman–Crippen MR) is 74.7 cm³/mol. The summed E-state index contributed by atoms with van der Waals surface area (Å²) in [5.74, 6) is 0. The summed E-state index contributed by atoms with van der Waals surface area (Å²) in [6.45, 7) is 0. The Kier molecular flexibility index (Phi) is 2.86. The highest BCUT2D eigenvalue weighted by Crippen LogP contribution is 2.27. The number of nitrogens with zero attached hydrogens (tertiary/aromatic N) is 3. The topological polar surface area (TPSA) is 49.6 Å². The molecule has 3 nitrogen and oxygen atoms in total. The molecule has 19 heavy (non-hydrogen) atoms. The molecule has 1 heterocycles. The van der Waals surface area contributed by atoms with Crippen LogP contribution in [0.1, 0.15) is 5.56 Å². The van der Waals surface area contributed by atoms with Crippen molar-refractivity contribution in [3.05, 3.63) is 59.5 Å². The van der Waals surface area contributed by atoms with Crippen LogP contribution in [0, 0.1) is 11.3 Å². The summed E-state index contributed by atoms with van der Waals surface area (Å²) >= 11 is 6.07. The number of halogens is 1. The number of hydrogen-bond donors (Lipinski definition) is 0. The van der Waals surface area contributed by atoms with Gasteiger partial charge >= 0.3 is 0 Å². The molecule has 0 aliphatic carbocycles. The Balaban J connectivity index is 2.20. The quantitative estimate of drug-likeness (QED) is 0.629. The first-order valence-corrected chi connectivity index (χ1v) is 6.06. The Morgan fingerprint density at radius 2 is 1.84 bits per heavy atom. The number of benzene rings is 2. The molecular formula is C15H8ClN3. The van der Waals surface area contributed by atoms with Crippen LogP contribution < -0.4 is 0 Å². The van der Waals surface area contributed by atoms with Crippen molar-refractivity contribution in [2.45, 2.75) is 0 Å². The van der Waals surface area contributed by atoms with Crippen molar-refractivity contribution in [3.63, 3.8) is 0 Å². The second-order valence-electron chi connectivity index (χ2n) is 4.09. The monoisotopic (exact) mass is 265 g/mol. The Bertz CT molecular complexity index is 806. The van der Waals surface area contributed by atoms with Gasteiger partial charge in [0.05, 0.1) is 17.1 Å². The van der Waals surface area contributed by atoms with Crippen molar-refractivity contribution in [3.8, 4) is 17.2 Å². The number of hydrogen-bond acceptors (Lipinski definition) is 3. The van der Waals surface area contributed by atoms with Crippen molar-refractivity contribution in [1.29, 1.82) is 5.26 Å². The zero-order valence-electron chi connectivity index (χ0n) is 9.84. The maximum absolute atomic E-state index is 8.93. The van der Waals surface area contributed by atoms with Gasteiger partial charge in [0.25, 0.3) is 0 Å². The zero-order chi connectivity index (χ0) is 13.2. The molecule has 0 unspecified atom stereocenters. The van der Waals surface area contributed by atoms with Crippen LogP contribution in [0.25, 0.3) is 22.0 Å². The third-order valence-corrected chi connectivity index (χ3v) is 3.21. The van der Waals surface area contributed by atoms with Gasteiger partial charge in [-0.05, 0) is 35.4 Å². The molecule has 0 spiro atoms. The minimum Gasteiger partial charge on any atom is -0.236 e. The van der Waals surface area contributed by atoms with Gasteiger partial charge in [-0.2, -0.15) is 5.26 Å². The molecule has 0 N–H and O–H groups in total. The summed E-state index contributed by atoms with van der Waals surface area (Å²) in [7, 11) is 0. The maximum Gasteiger partial charge on any atom is 0.140 e. The molecule has 0 saturated heterocycles. The van der Waals surface area contributed by atoms with Crippen molar-refractivity contribution in [1.82, 2.24) is 9.97 Å². The third kappa shape index (κ3) is 2.14. The third-order valence-electron chi connectivity index (χ3n) is 2.91. The number of rotatable bonds is 1. The highest BCUT2D eigenvalue weighted by molar-refractivity contribution is 6.34. The van der Waals surface area contributed by atoms with Crippen molar-refractivity contribution >= 4 is 22.5 Å². The van der Waals surface area contributed by atoms with Crippen LogP contribution in [-0.4, -0.2) is 9.97 Å². The van der Waals surface area contributed by atoms with E-state index in [1.807, 2.05) is 36.4 Å². The fraction of sp³-hybridized carbons (Fsp3) is 0. The molecule has 0 amide bonds. The maximum atomic E-state index is 8.93. The summed E-state index contributed by atoms with van der Waals surface area (Å²) < 4.78 is 0. The molecule has 0 atom stereocenters. The molecule has 0 bridgehead atoms. The van der Waals surface area contributed by atoms with E-state index >= 15 is 0 Å². The van der Waals surface area contributed by atoms with Crippen LogP contribution in [-0.2, 0) is 0 Å². The Labute approximate surface area is 115 Å². The van der Waals surface area contributed by atoms with Crippen LogP contribution in [0.3, 0.4) is 0 Å². The van der Waals surface area contributed by atoms with E-state index < -0.39 is 0 Å². The zero-order valence-corrected chi connectivity index (χ0v) is 10.6. The van der Waals surface area contributed by atoms with Gasteiger partial charge in [0.15, 0.2) is 0 Å². The number of nitriles is 1. The molecule has 0 radical (unpaired) electrons. The van der Waals surface area contributed by atoms with Crippen molar-refractivity contribution < 1.29 is 0 Å². The average molecular weight is 266 g/mol. The van der Waals surface area contributed by atoms with Crippen LogP contribution in [0.15, 0.2) is 48.8 Å². The molecule has 3 aromatic rings. The van der Waals surface area contributed by atoms with Gasteiger partial charge in [0, 0.05) is 5.39 Å². The first-order valence-electron chi connectivity index (χ1n) is 5.69. The molecule has 3 rings (SSSR count). The van der Waals surface area contributed by atoms with Gasteiger partial charge in [0.1, 0.15) is 11.5 Å². The molecule has 0 fully saturated rings. The average Bonchev–Trinajstić information content (AvgIpc) is 2.47. The second kappa shape index (κ2) is 4.68. The fourth-order valence-electron chi connectivity index (χ4n) is 1.97.